The number of hydrogen-bond acceptors (Lipinski definition) is 1. The molecule has 0 rings (SSSR count). The molecule has 0 bridgehead atoms. The molecule has 0 saturated carbocycles. The van der Waals surface area contributed by atoms with Crippen LogP contribution in [0.15, 0.2) is 0 Å². The van der Waals surface area contributed by atoms with Crippen molar-refractivity contribution in [2.24, 2.45) is 23.7 Å². The second-order valence-corrected chi connectivity index (χ2v) is 5.68. The van der Waals surface area contributed by atoms with Crippen molar-refractivity contribution in [1.29, 1.82) is 0 Å². The fourth-order valence-corrected chi connectivity index (χ4v) is 2.33. The topological polar surface area (TPSA) is 20.2 Å². The van der Waals surface area contributed by atoms with Gasteiger partial charge < -0.3 is 5.11 Å². The molecule has 0 amide bonds. The Labute approximate surface area is 89.9 Å². The van der Waals surface area contributed by atoms with E-state index in [-0.39, 0.29) is 6.10 Å². The Morgan fingerprint density at radius 1 is 0.857 bits per heavy atom. The molecule has 14 heavy (non-hydrogen) atoms. The highest BCUT2D eigenvalue weighted by Crippen LogP contribution is 2.24. The molecule has 3 atom stereocenters. The Hall–Kier alpha value is -0.0400. The van der Waals surface area contributed by atoms with Gasteiger partial charge in [0.2, 0.25) is 0 Å². The standard InChI is InChI=1S/C13H28O/c1-9(2)7-11(5)8-12(6)13(14)10(3)4/h9-14H,7-8H2,1-6H3. The molecule has 0 aromatic carbocycles. The second-order valence-electron chi connectivity index (χ2n) is 5.68. The Morgan fingerprint density at radius 3 is 1.71 bits per heavy atom. The van der Waals surface area contributed by atoms with E-state index in [0.717, 1.165) is 18.3 Å². The van der Waals surface area contributed by atoms with Gasteiger partial charge in [0.15, 0.2) is 0 Å². The molecule has 0 heterocycles. The van der Waals surface area contributed by atoms with E-state index in [1.54, 1.807) is 0 Å². The molecular formula is C13H28O. The van der Waals surface area contributed by atoms with Crippen molar-refractivity contribution in [3.63, 3.8) is 0 Å². The van der Waals surface area contributed by atoms with Crippen LogP contribution in [0.1, 0.15) is 54.4 Å². The average molecular weight is 200 g/mol. The molecule has 1 heteroatoms. The lowest BCUT2D eigenvalue weighted by atomic mass is 9.84. The first kappa shape index (κ1) is 14.0. The van der Waals surface area contributed by atoms with E-state index in [1.807, 2.05) is 0 Å². The molecule has 0 radical (unpaired) electrons. The van der Waals surface area contributed by atoms with Gasteiger partial charge >= 0.3 is 0 Å². The summed E-state index contributed by atoms with van der Waals surface area (Å²) in [5.74, 6) is 2.33. The molecule has 86 valence electrons. The van der Waals surface area contributed by atoms with E-state index in [1.165, 1.54) is 6.42 Å². The predicted octanol–water partition coefficient (Wildman–Crippen LogP) is 3.71. The van der Waals surface area contributed by atoms with E-state index in [0.29, 0.717) is 11.8 Å². The van der Waals surface area contributed by atoms with Gasteiger partial charge in [-0.2, -0.15) is 0 Å². The smallest absolute Gasteiger partial charge is 0.0588 e. The van der Waals surface area contributed by atoms with Crippen LogP contribution in [0.2, 0.25) is 0 Å². The van der Waals surface area contributed by atoms with Crippen LogP contribution in [-0.2, 0) is 0 Å². The minimum atomic E-state index is -0.135. The van der Waals surface area contributed by atoms with E-state index in [9.17, 15) is 5.11 Å². The normalized spacial score (nSPS) is 18.6. The fraction of sp³-hybridized carbons (Fsp3) is 1.00. The van der Waals surface area contributed by atoms with Gasteiger partial charge in [-0.25, -0.2) is 0 Å². The van der Waals surface area contributed by atoms with E-state index < -0.39 is 0 Å². The third-order valence-electron chi connectivity index (χ3n) is 2.91. The predicted molar refractivity (Wildman–Crippen MR) is 63.2 cm³/mol. The van der Waals surface area contributed by atoms with Crippen LogP contribution in [-0.4, -0.2) is 11.2 Å². The highest BCUT2D eigenvalue weighted by Gasteiger charge is 2.20. The van der Waals surface area contributed by atoms with Crippen molar-refractivity contribution in [3.05, 3.63) is 0 Å². The highest BCUT2D eigenvalue weighted by molar-refractivity contribution is 4.70. The highest BCUT2D eigenvalue weighted by atomic mass is 16.3. The summed E-state index contributed by atoms with van der Waals surface area (Å²) in [6.07, 6.45) is 2.29. The molecule has 3 unspecified atom stereocenters. The summed E-state index contributed by atoms with van der Waals surface area (Å²) in [5, 5.41) is 9.88. The Kier molecular flexibility index (Phi) is 6.43. The van der Waals surface area contributed by atoms with Crippen LogP contribution >= 0.6 is 0 Å². The summed E-state index contributed by atoms with van der Waals surface area (Å²) in [7, 11) is 0. The van der Waals surface area contributed by atoms with Gasteiger partial charge in [0.05, 0.1) is 6.10 Å². The van der Waals surface area contributed by atoms with Crippen LogP contribution in [0.25, 0.3) is 0 Å². The van der Waals surface area contributed by atoms with Crippen molar-refractivity contribution >= 4 is 0 Å². The van der Waals surface area contributed by atoms with Crippen LogP contribution < -0.4 is 0 Å². The minimum absolute atomic E-state index is 0.135. The number of aliphatic hydroxyl groups excluding tert-OH is 1. The first-order chi connectivity index (χ1) is 6.34. The van der Waals surface area contributed by atoms with Gasteiger partial charge in [-0.1, -0.05) is 41.5 Å². The first-order valence-electron chi connectivity index (χ1n) is 6.02. The maximum atomic E-state index is 9.88. The second kappa shape index (κ2) is 6.44. The van der Waals surface area contributed by atoms with Crippen LogP contribution in [0, 0.1) is 23.7 Å². The number of rotatable bonds is 6. The number of hydrogen-bond donors (Lipinski definition) is 1. The first-order valence-corrected chi connectivity index (χ1v) is 6.02. The lowest BCUT2D eigenvalue weighted by Crippen LogP contribution is -2.25. The summed E-state index contributed by atoms with van der Waals surface area (Å²) in [6, 6.07) is 0. The molecule has 0 aliphatic heterocycles. The third-order valence-corrected chi connectivity index (χ3v) is 2.91. The lowest BCUT2D eigenvalue weighted by Gasteiger charge is -2.25. The van der Waals surface area contributed by atoms with Gasteiger partial charge in [0, 0.05) is 0 Å². The average Bonchev–Trinajstić information content (AvgIpc) is 2.00. The quantitative estimate of drug-likeness (QED) is 0.693. The molecular weight excluding hydrogens is 172 g/mol. The Bertz CT molecular complexity index is 140. The summed E-state index contributed by atoms with van der Waals surface area (Å²) < 4.78 is 0. The summed E-state index contributed by atoms with van der Waals surface area (Å²) >= 11 is 0. The molecule has 0 fully saturated rings. The molecule has 0 aliphatic rings. The monoisotopic (exact) mass is 200 g/mol. The van der Waals surface area contributed by atoms with Gasteiger partial charge in [-0.3, -0.25) is 0 Å². The summed E-state index contributed by atoms with van der Waals surface area (Å²) in [5.41, 5.74) is 0. The molecule has 0 aliphatic carbocycles. The third kappa shape index (κ3) is 5.64. The minimum Gasteiger partial charge on any atom is -0.393 e. The van der Waals surface area contributed by atoms with E-state index >= 15 is 0 Å². The molecule has 1 N–H and O–H groups in total. The van der Waals surface area contributed by atoms with Crippen molar-refractivity contribution in [3.8, 4) is 0 Å². The Morgan fingerprint density at radius 2 is 1.36 bits per heavy atom. The molecule has 0 aromatic rings. The summed E-state index contributed by atoms with van der Waals surface area (Å²) in [4.78, 5) is 0. The van der Waals surface area contributed by atoms with Gasteiger partial charge in [0.25, 0.3) is 0 Å². The maximum absolute atomic E-state index is 9.88. The SMILES string of the molecule is CC(C)CC(C)CC(C)C(O)C(C)C. The lowest BCUT2D eigenvalue weighted by molar-refractivity contribution is 0.0602. The van der Waals surface area contributed by atoms with Crippen LogP contribution in [0.4, 0.5) is 0 Å². The zero-order chi connectivity index (χ0) is 11.3. The van der Waals surface area contributed by atoms with Gasteiger partial charge in [-0.15, -0.1) is 0 Å². The van der Waals surface area contributed by atoms with Crippen molar-refractivity contribution in [2.45, 2.75) is 60.5 Å². The van der Waals surface area contributed by atoms with Crippen LogP contribution in [0.3, 0.4) is 0 Å². The molecule has 0 saturated heterocycles. The maximum Gasteiger partial charge on any atom is 0.0588 e. The van der Waals surface area contributed by atoms with Crippen LogP contribution in [0.5, 0.6) is 0 Å². The zero-order valence-electron chi connectivity index (χ0n) is 10.7. The van der Waals surface area contributed by atoms with Gasteiger partial charge in [0.1, 0.15) is 0 Å². The largest absolute Gasteiger partial charge is 0.393 e. The van der Waals surface area contributed by atoms with E-state index in [4.69, 9.17) is 0 Å². The summed E-state index contributed by atoms with van der Waals surface area (Å²) in [6.45, 7) is 13.2. The van der Waals surface area contributed by atoms with E-state index in [2.05, 4.69) is 41.5 Å². The zero-order valence-corrected chi connectivity index (χ0v) is 10.7. The van der Waals surface area contributed by atoms with Gasteiger partial charge in [-0.05, 0) is 36.5 Å². The fourth-order valence-electron chi connectivity index (χ4n) is 2.33. The Balaban J connectivity index is 3.86. The molecule has 0 spiro atoms. The number of aliphatic hydroxyl groups is 1. The molecule has 1 nitrogen and oxygen atoms in total. The van der Waals surface area contributed by atoms with Crippen molar-refractivity contribution in [2.75, 3.05) is 0 Å². The van der Waals surface area contributed by atoms with Crippen molar-refractivity contribution in [1.82, 2.24) is 0 Å². The molecule has 0 aromatic heterocycles. The van der Waals surface area contributed by atoms with Crippen molar-refractivity contribution < 1.29 is 5.11 Å².